The minimum absolute atomic E-state index is 0.212. The van der Waals surface area contributed by atoms with Gasteiger partial charge in [0.25, 0.3) is 0 Å². The number of hydrogen-bond donors (Lipinski definition) is 1. The average Bonchev–Trinajstić information content (AvgIpc) is 2.46. The highest BCUT2D eigenvalue weighted by Gasteiger charge is 2.17. The van der Waals surface area contributed by atoms with E-state index in [0.717, 1.165) is 15.6 Å². The number of nitrogens with one attached hydrogen (secondary N) is 1. The van der Waals surface area contributed by atoms with Crippen LogP contribution in [0.3, 0.4) is 0 Å². The summed E-state index contributed by atoms with van der Waals surface area (Å²) in [7, 11) is -1.95. The van der Waals surface area contributed by atoms with Gasteiger partial charge < -0.3 is 4.74 Å². The molecule has 0 aliphatic heterocycles. The molecule has 0 aliphatic rings. The largest absolute Gasteiger partial charge is 0.380 e. The van der Waals surface area contributed by atoms with Crippen molar-refractivity contribution in [3.8, 4) is 0 Å². The predicted octanol–water partition coefficient (Wildman–Crippen LogP) is 3.84. The van der Waals surface area contributed by atoms with Crippen LogP contribution in [0.5, 0.6) is 0 Å². The first-order valence-corrected chi connectivity index (χ1v) is 9.51. The quantitative estimate of drug-likeness (QED) is 0.730. The molecule has 0 unspecified atom stereocenters. The van der Waals surface area contributed by atoms with Gasteiger partial charge in [-0.1, -0.05) is 40.2 Å². The van der Waals surface area contributed by atoms with E-state index in [1.807, 2.05) is 24.3 Å². The monoisotopic (exact) mass is 447 g/mol. The summed E-state index contributed by atoms with van der Waals surface area (Å²) in [6, 6.07) is 12.6. The molecule has 0 radical (unpaired) electrons. The van der Waals surface area contributed by atoms with Crippen LogP contribution >= 0.6 is 31.9 Å². The van der Waals surface area contributed by atoms with E-state index in [0.29, 0.717) is 11.1 Å². The fourth-order valence-electron chi connectivity index (χ4n) is 1.95. The van der Waals surface area contributed by atoms with Crippen LogP contribution in [0.25, 0.3) is 0 Å². The molecule has 0 heterocycles. The third-order valence-corrected chi connectivity index (χ3v) is 5.82. The first-order valence-electron chi connectivity index (χ1n) is 6.44. The van der Waals surface area contributed by atoms with Gasteiger partial charge >= 0.3 is 0 Å². The van der Waals surface area contributed by atoms with E-state index in [1.54, 1.807) is 25.3 Å². The second kappa shape index (κ2) is 7.70. The third-order valence-electron chi connectivity index (χ3n) is 2.95. The van der Waals surface area contributed by atoms with Crippen LogP contribution in [0.15, 0.2) is 56.3 Å². The van der Waals surface area contributed by atoms with E-state index in [2.05, 4.69) is 36.6 Å². The molecule has 0 bridgehead atoms. The van der Waals surface area contributed by atoms with Gasteiger partial charge in [0.05, 0.1) is 11.5 Å². The highest BCUT2D eigenvalue weighted by Crippen LogP contribution is 2.25. The molecule has 1 N–H and O–H groups in total. The summed E-state index contributed by atoms with van der Waals surface area (Å²) < 4.78 is 33.7. The third kappa shape index (κ3) is 4.63. The molecule has 0 amide bonds. The molecule has 22 heavy (non-hydrogen) atoms. The van der Waals surface area contributed by atoms with Gasteiger partial charge in [0.2, 0.25) is 10.0 Å². The van der Waals surface area contributed by atoms with Crippen LogP contribution in [-0.2, 0) is 27.9 Å². The van der Waals surface area contributed by atoms with E-state index in [9.17, 15) is 8.42 Å². The van der Waals surface area contributed by atoms with Crippen molar-refractivity contribution in [2.24, 2.45) is 0 Å². The lowest BCUT2D eigenvalue weighted by molar-refractivity contribution is 0.185. The maximum atomic E-state index is 12.4. The molecule has 118 valence electrons. The topological polar surface area (TPSA) is 55.4 Å². The molecule has 0 saturated carbocycles. The minimum atomic E-state index is -3.58. The van der Waals surface area contributed by atoms with Crippen LogP contribution in [0.4, 0.5) is 0 Å². The highest BCUT2D eigenvalue weighted by molar-refractivity contribution is 9.11. The Morgan fingerprint density at radius 2 is 1.82 bits per heavy atom. The van der Waals surface area contributed by atoms with Crippen LogP contribution in [0, 0.1) is 0 Å². The van der Waals surface area contributed by atoms with Gasteiger partial charge in [-0.3, -0.25) is 0 Å². The van der Waals surface area contributed by atoms with Crippen LogP contribution in [0.2, 0.25) is 0 Å². The smallest absolute Gasteiger partial charge is 0.241 e. The Morgan fingerprint density at radius 1 is 1.09 bits per heavy atom. The number of benzene rings is 2. The van der Waals surface area contributed by atoms with E-state index in [4.69, 9.17) is 4.74 Å². The van der Waals surface area contributed by atoms with Gasteiger partial charge in [0, 0.05) is 22.6 Å². The van der Waals surface area contributed by atoms with Crippen molar-refractivity contribution < 1.29 is 13.2 Å². The van der Waals surface area contributed by atoms with Gasteiger partial charge in [-0.2, -0.15) is 0 Å². The van der Waals surface area contributed by atoms with Crippen molar-refractivity contribution in [3.05, 3.63) is 62.5 Å². The van der Waals surface area contributed by atoms with Crippen LogP contribution in [-0.4, -0.2) is 15.5 Å². The number of halogens is 2. The van der Waals surface area contributed by atoms with Crippen molar-refractivity contribution in [2.45, 2.75) is 18.0 Å². The lowest BCUT2D eigenvalue weighted by atomic mass is 10.1. The first kappa shape index (κ1) is 17.6. The van der Waals surface area contributed by atoms with Crippen molar-refractivity contribution in [1.82, 2.24) is 4.72 Å². The first-order chi connectivity index (χ1) is 10.4. The highest BCUT2D eigenvalue weighted by atomic mass is 79.9. The van der Waals surface area contributed by atoms with E-state index >= 15 is 0 Å². The molecule has 4 nitrogen and oxygen atoms in total. The van der Waals surface area contributed by atoms with Crippen molar-refractivity contribution >= 4 is 41.9 Å². The molecule has 0 atom stereocenters. The number of ether oxygens (including phenoxy) is 1. The molecule has 0 aromatic heterocycles. The lowest BCUT2D eigenvalue weighted by Crippen LogP contribution is -2.23. The number of rotatable bonds is 6. The van der Waals surface area contributed by atoms with Gasteiger partial charge in [0.1, 0.15) is 0 Å². The van der Waals surface area contributed by atoms with Gasteiger partial charge in [-0.25, -0.2) is 13.1 Å². The minimum Gasteiger partial charge on any atom is -0.380 e. The fraction of sp³-hybridized carbons (Fsp3) is 0.200. The van der Waals surface area contributed by atoms with Crippen molar-refractivity contribution in [2.75, 3.05) is 7.11 Å². The van der Waals surface area contributed by atoms with E-state index < -0.39 is 10.0 Å². The zero-order chi connectivity index (χ0) is 16.2. The molecular weight excluding hydrogens is 434 g/mol. The number of sulfonamides is 1. The Morgan fingerprint density at radius 3 is 2.50 bits per heavy atom. The summed E-state index contributed by atoms with van der Waals surface area (Å²) in [6.07, 6.45) is 0. The summed E-state index contributed by atoms with van der Waals surface area (Å²) in [4.78, 5) is 0.212. The molecule has 0 aliphatic carbocycles. The fourth-order valence-corrected chi connectivity index (χ4v) is 4.71. The van der Waals surface area contributed by atoms with Crippen LogP contribution < -0.4 is 4.72 Å². The Hall–Kier alpha value is -0.730. The van der Waals surface area contributed by atoms with Gasteiger partial charge in [0.15, 0.2) is 0 Å². The average molecular weight is 449 g/mol. The second-order valence-corrected chi connectivity index (χ2v) is 8.16. The van der Waals surface area contributed by atoms with Crippen molar-refractivity contribution in [1.29, 1.82) is 0 Å². The normalized spacial score (nSPS) is 11.6. The summed E-state index contributed by atoms with van der Waals surface area (Å²) in [5.41, 5.74) is 1.88. The molecule has 7 heteroatoms. The zero-order valence-corrected chi connectivity index (χ0v) is 15.8. The number of hydrogen-bond acceptors (Lipinski definition) is 3. The SMILES string of the molecule is COCc1cccc(CNS(=O)(=O)c2ccc(Br)cc2Br)c1. The molecule has 2 aromatic carbocycles. The molecule has 2 aromatic rings. The summed E-state index contributed by atoms with van der Waals surface area (Å²) in [5, 5.41) is 0. The summed E-state index contributed by atoms with van der Waals surface area (Å²) >= 11 is 6.58. The van der Waals surface area contributed by atoms with Gasteiger partial charge in [-0.15, -0.1) is 0 Å². The van der Waals surface area contributed by atoms with Gasteiger partial charge in [-0.05, 0) is 45.3 Å². The van der Waals surface area contributed by atoms with E-state index in [1.165, 1.54) is 0 Å². The maximum absolute atomic E-state index is 12.4. The standard InChI is InChI=1S/C15H15Br2NO3S/c1-21-10-12-4-2-3-11(7-12)9-18-22(19,20)15-6-5-13(16)8-14(15)17/h2-8,18H,9-10H2,1H3. The van der Waals surface area contributed by atoms with Crippen molar-refractivity contribution in [3.63, 3.8) is 0 Å². The zero-order valence-electron chi connectivity index (χ0n) is 11.8. The van der Waals surface area contributed by atoms with E-state index in [-0.39, 0.29) is 11.4 Å². The molecular formula is C15H15Br2NO3S. The summed E-state index contributed by atoms with van der Waals surface area (Å²) in [6.45, 7) is 0.723. The Balaban J connectivity index is 2.14. The molecule has 0 spiro atoms. The van der Waals surface area contributed by atoms with Crippen LogP contribution in [0.1, 0.15) is 11.1 Å². The molecule has 2 rings (SSSR count). The second-order valence-electron chi connectivity index (χ2n) is 4.65. The summed E-state index contributed by atoms with van der Waals surface area (Å²) in [5.74, 6) is 0. The lowest BCUT2D eigenvalue weighted by Gasteiger charge is -2.10. The Kier molecular flexibility index (Phi) is 6.17. The molecule has 0 saturated heterocycles. The number of methoxy groups -OCH3 is 1. The maximum Gasteiger partial charge on any atom is 0.241 e. The predicted molar refractivity (Wildman–Crippen MR) is 93.0 cm³/mol. The Labute approximate surface area is 147 Å². The Bertz CT molecular complexity index is 763. The molecule has 0 fully saturated rings.